The second kappa shape index (κ2) is 7.33. The maximum atomic E-state index is 13.6. The van der Waals surface area contributed by atoms with Crippen molar-refractivity contribution in [3.63, 3.8) is 0 Å². The zero-order valence-electron chi connectivity index (χ0n) is 14.5. The normalized spacial score (nSPS) is 21.8. The topological polar surface area (TPSA) is 83.1 Å². The van der Waals surface area contributed by atoms with Crippen LogP contribution in [-0.4, -0.2) is 37.0 Å². The Hall–Kier alpha value is -2.61. The van der Waals surface area contributed by atoms with Crippen LogP contribution in [0.2, 0.25) is 0 Å². The van der Waals surface area contributed by atoms with Gasteiger partial charge in [0, 0.05) is 32.7 Å². The third-order valence-electron chi connectivity index (χ3n) is 3.88. The molecule has 0 spiro atoms. The number of halogens is 1. The van der Waals surface area contributed by atoms with Gasteiger partial charge in [-0.1, -0.05) is 0 Å². The Morgan fingerprint density at radius 3 is 2.69 bits per heavy atom. The summed E-state index contributed by atoms with van der Waals surface area (Å²) in [6.45, 7) is 3.94. The number of benzene rings is 1. The summed E-state index contributed by atoms with van der Waals surface area (Å²) in [5.74, 6) is -3.09. The quantitative estimate of drug-likeness (QED) is 0.488. The van der Waals surface area contributed by atoms with E-state index in [-0.39, 0.29) is 17.4 Å². The number of carbonyl (C=O) groups is 2. The van der Waals surface area contributed by atoms with Crippen LogP contribution in [0.1, 0.15) is 26.7 Å². The summed E-state index contributed by atoms with van der Waals surface area (Å²) in [6.07, 6.45) is 3.00. The SMILES string of the molecule is CC1(C)OC(=O)C(=CNc2cc(F)ccc2OCC2CCCO2)C(=O)O1. The van der Waals surface area contributed by atoms with Crippen molar-refractivity contribution in [1.29, 1.82) is 0 Å². The Bertz CT molecular complexity index is 717. The van der Waals surface area contributed by atoms with E-state index in [1.807, 2.05) is 0 Å². The predicted molar refractivity (Wildman–Crippen MR) is 88.8 cm³/mol. The summed E-state index contributed by atoms with van der Waals surface area (Å²) in [4.78, 5) is 23.9. The fourth-order valence-corrected chi connectivity index (χ4v) is 2.63. The van der Waals surface area contributed by atoms with E-state index < -0.39 is 23.5 Å². The Morgan fingerprint density at radius 2 is 2.04 bits per heavy atom. The highest BCUT2D eigenvalue weighted by Crippen LogP contribution is 2.28. The Balaban J connectivity index is 1.73. The molecule has 0 amide bonds. The van der Waals surface area contributed by atoms with Gasteiger partial charge in [-0.3, -0.25) is 0 Å². The van der Waals surface area contributed by atoms with E-state index in [9.17, 15) is 14.0 Å². The molecule has 2 fully saturated rings. The van der Waals surface area contributed by atoms with Crippen molar-refractivity contribution in [1.82, 2.24) is 0 Å². The molecule has 1 unspecified atom stereocenters. The number of carbonyl (C=O) groups excluding carboxylic acids is 2. The molecule has 2 aliphatic heterocycles. The van der Waals surface area contributed by atoms with Crippen molar-refractivity contribution in [3.05, 3.63) is 35.8 Å². The number of esters is 2. The summed E-state index contributed by atoms with van der Waals surface area (Å²) in [5, 5.41) is 2.72. The van der Waals surface area contributed by atoms with Crippen LogP contribution in [0.25, 0.3) is 0 Å². The van der Waals surface area contributed by atoms with Crippen LogP contribution in [0.3, 0.4) is 0 Å². The molecular weight excluding hydrogens is 345 g/mol. The standard InChI is InChI=1S/C18H20FNO6/c1-18(2)25-16(21)13(17(22)26-18)9-20-14-8-11(19)5-6-15(14)24-10-12-4-3-7-23-12/h5-6,8-9,12,20H,3-4,7,10H2,1-2H3. The molecular formula is C18H20FNO6. The molecule has 0 aliphatic carbocycles. The van der Waals surface area contributed by atoms with Crippen LogP contribution < -0.4 is 10.1 Å². The van der Waals surface area contributed by atoms with E-state index in [0.717, 1.165) is 19.0 Å². The molecule has 2 aliphatic rings. The number of hydrogen-bond acceptors (Lipinski definition) is 7. The molecule has 0 saturated carbocycles. The summed E-state index contributed by atoms with van der Waals surface area (Å²) in [7, 11) is 0. The lowest BCUT2D eigenvalue weighted by molar-refractivity contribution is -0.222. The highest BCUT2D eigenvalue weighted by atomic mass is 19.1. The van der Waals surface area contributed by atoms with Crippen LogP contribution in [0.5, 0.6) is 5.75 Å². The molecule has 0 aromatic heterocycles. The average molecular weight is 365 g/mol. The summed E-state index contributed by atoms with van der Waals surface area (Å²) in [5.41, 5.74) is -0.0559. The van der Waals surface area contributed by atoms with Gasteiger partial charge in [0.25, 0.3) is 5.79 Å². The first-order chi connectivity index (χ1) is 12.3. The summed E-state index contributed by atoms with van der Waals surface area (Å²) in [6, 6.07) is 3.92. The first-order valence-electron chi connectivity index (χ1n) is 8.31. The average Bonchev–Trinajstić information content (AvgIpc) is 3.05. The molecule has 1 aromatic rings. The first-order valence-corrected chi connectivity index (χ1v) is 8.31. The number of hydrogen-bond donors (Lipinski definition) is 1. The molecule has 8 heteroatoms. The molecule has 140 valence electrons. The lowest BCUT2D eigenvalue weighted by Gasteiger charge is -2.29. The van der Waals surface area contributed by atoms with Gasteiger partial charge in [-0.2, -0.15) is 0 Å². The van der Waals surface area contributed by atoms with E-state index >= 15 is 0 Å². The van der Waals surface area contributed by atoms with Crippen molar-refractivity contribution >= 4 is 17.6 Å². The monoisotopic (exact) mass is 365 g/mol. The molecule has 26 heavy (non-hydrogen) atoms. The summed E-state index contributed by atoms with van der Waals surface area (Å²) >= 11 is 0. The third-order valence-corrected chi connectivity index (χ3v) is 3.88. The van der Waals surface area contributed by atoms with Crippen molar-refractivity contribution in [3.8, 4) is 5.75 Å². The second-order valence-electron chi connectivity index (χ2n) is 6.47. The molecule has 2 saturated heterocycles. The molecule has 7 nitrogen and oxygen atoms in total. The zero-order valence-corrected chi connectivity index (χ0v) is 14.5. The highest BCUT2D eigenvalue weighted by Gasteiger charge is 2.39. The molecule has 1 aromatic carbocycles. The minimum atomic E-state index is -1.32. The van der Waals surface area contributed by atoms with Crippen LogP contribution in [0.4, 0.5) is 10.1 Å². The fourth-order valence-electron chi connectivity index (χ4n) is 2.63. The van der Waals surface area contributed by atoms with Gasteiger partial charge in [0.2, 0.25) is 0 Å². The lowest BCUT2D eigenvalue weighted by Crippen LogP contribution is -2.42. The van der Waals surface area contributed by atoms with Gasteiger partial charge >= 0.3 is 11.9 Å². The number of cyclic esters (lactones) is 2. The van der Waals surface area contributed by atoms with Crippen molar-refractivity contribution in [2.24, 2.45) is 0 Å². The van der Waals surface area contributed by atoms with E-state index in [2.05, 4.69) is 5.32 Å². The maximum absolute atomic E-state index is 13.6. The fraction of sp³-hybridized carbons (Fsp3) is 0.444. The minimum Gasteiger partial charge on any atom is -0.489 e. The number of nitrogens with one attached hydrogen (secondary N) is 1. The zero-order chi connectivity index (χ0) is 18.7. The second-order valence-corrected chi connectivity index (χ2v) is 6.47. The Morgan fingerprint density at radius 1 is 1.31 bits per heavy atom. The third kappa shape index (κ3) is 4.32. The van der Waals surface area contributed by atoms with Gasteiger partial charge in [0.05, 0.1) is 11.8 Å². The van der Waals surface area contributed by atoms with Gasteiger partial charge in [-0.25, -0.2) is 14.0 Å². The number of ether oxygens (including phenoxy) is 4. The molecule has 2 heterocycles. The smallest absolute Gasteiger partial charge is 0.350 e. The van der Waals surface area contributed by atoms with Crippen LogP contribution in [0.15, 0.2) is 30.0 Å². The van der Waals surface area contributed by atoms with Gasteiger partial charge < -0.3 is 24.3 Å². The maximum Gasteiger partial charge on any atom is 0.350 e. The van der Waals surface area contributed by atoms with Gasteiger partial charge in [-0.15, -0.1) is 0 Å². The lowest BCUT2D eigenvalue weighted by atomic mass is 10.2. The molecule has 0 radical (unpaired) electrons. The molecule has 3 rings (SSSR count). The van der Waals surface area contributed by atoms with Crippen molar-refractivity contribution < 1.29 is 32.9 Å². The van der Waals surface area contributed by atoms with Gasteiger partial charge in [0.15, 0.2) is 5.57 Å². The largest absolute Gasteiger partial charge is 0.489 e. The predicted octanol–water partition coefficient (Wildman–Crippen LogP) is 2.52. The van der Waals surface area contributed by atoms with E-state index in [1.54, 1.807) is 0 Å². The van der Waals surface area contributed by atoms with Crippen molar-refractivity contribution in [2.45, 2.75) is 38.6 Å². The van der Waals surface area contributed by atoms with Crippen LogP contribution in [-0.2, 0) is 23.8 Å². The van der Waals surface area contributed by atoms with E-state index in [1.165, 1.54) is 32.0 Å². The summed E-state index contributed by atoms with van der Waals surface area (Å²) < 4.78 is 34.8. The number of anilines is 1. The Labute approximate surface area is 150 Å². The van der Waals surface area contributed by atoms with Crippen molar-refractivity contribution in [2.75, 3.05) is 18.5 Å². The Kier molecular flexibility index (Phi) is 5.13. The first kappa shape index (κ1) is 18.2. The van der Waals surface area contributed by atoms with E-state index in [4.69, 9.17) is 18.9 Å². The molecule has 1 N–H and O–H groups in total. The van der Waals surface area contributed by atoms with E-state index in [0.29, 0.717) is 19.0 Å². The molecule has 1 atom stereocenters. The van der Waals surface area contributed by atoms with Crippen LogP contribution in [0, 0.1) is 5.82 Å². The minimum absolute atomic E-state index is 0.00297. The highest BCUT2D eigenvalue weighted by molar-refractivity contribution is 6.15. The van der Waals surface area contributed by atoms with Gasteiger partial charge in [0.1, 0.15) is 18.2 Å². The number of rotatable bonds is 5. The van der Waals surface area contributed by atoms with Gasteiger partial charge in [-0.05, 0) is 25.0 Å². The van der Waals surface area contributed by atoms with Crippen LogP contribution >= 0.6 is 0 Å². The molecule has 0 bridgehead atoms.